The van der Waals surface area contributed by atoms with Crippen LogP contribution in [0.4, 0.5) is 4.39 Å². The summed E-state index contributed by atoms with van der Waals surface area (Å²) in [5.41, 5.74) is 0.326. The second-order valence-corrected chi connectivity index (χ2v) is 5.39. The minimum atomic E-state index is -0.853. The van der Waals surface area contributed by atoms with E-state index in [4.69, 9.17) is 16.7 Å². The minimum Gasteiger partial charge on any atom is -0.481 e. The lowest BCUT2D eigenvalue weighted by Crippen LogP contribution is -2.40. The van der Waals surface area contributed by atoms with Gasteiger partial charge in [0.05, 0.1) is 5.02 Å². The fourth-order valence-corrected chi connectivity index (χ4v) is 2.66. The van der Waals surface area contributed by atoms with Gasteiger partial charge < -0.3 is 10.0 Å². The Morgan fingerprint density at radius 2 is 2.20 bits per heavy atom. The smallest absolute Gasteiger partial charge is 0.303 e. The molecular formula is C14H15ClFNO3. The Morgan fingerprint density at radius 1 is 1.45 bits per heavy atom. The van der Waals surface area contributed by atoms with E-state index >= 15 is 0 Å². The highest BCUT2D eigenvalue weighted by Gasteiger charge is 2.26. The number of carboxylic acid groups (broad SMARTS) is 1. The average molecular weight is 300 g/mol. The Labute approximate surface area is 121 Å². The van der Waals surface area contributed by atoms with E-state index in [1.54, 1.807) is 4.90 Å². The Hall–Kier alpha value is -1.62. The molecule has 6 heteroatoms. The molecule has 1 aliphatic rings. The number of aliphatic carboxylic acids is 1. The normalized spacial score (nSPS) is 18.9. The molecule has 1 atom stereocenters. The zero-order valence-corrected chi connectivity index (χ0v) is 11.6. The van der Waals surface area contributed by atoms with Gasteiger partial charge in [-0.15, -0.1) is 0 Å². The zero-order valence-electron chi connectivity index (χ0n) is 10.8. The third-order valence-electron chi connectivity index (χ3n) is 3.44. The molecule has 1 aromatic rings. The first-order chi connectivity index (χ1) is 9.47. The van der Waals surface area contributed by atoms with Crippen LogP contribution in [0.1, 0.15) is 29.6 Å². The largest absolute Gasteiger partial charge is 0.481 e. The molecule has 1 aromatic carbocycles. The van der Waals surface area contributed by atoms with Gasteiger partial charge in [-0.05, 0) is 37.0 Å². The quantitative estimate of drug-likeness (QED) is 0.933. The van der Waals surface area contributed by atoms with Crippen LogP contribution >= 0.6 is 11.6 Å². The molecule has 4 nitrogen and oxygen atoms in total. The predicted octanol–water partition coefficient (Wildman–Crippen LogP) is 2.81. The number of likely N-dealkylation sites (tertiary alicyclic amines) is 1. The van der Waals surface area contributed by atoms with Crippen molar-refractivity contribution in [3.63, 3.8) is 0 Å². The number of hydrogen-bond acceptors (Lipinski definition) is 2. The van der Waals surface area contributed by atoms with Crippen molar-refractivity contribution >= 4 is 23.5 Å². The maximum Gasteiger partial charge on any atom is 0.303 e. The predicted molar refractivity (Wildman–Crippen MR) is 72.3 cm³/mol. The van der Waals surface area contributed by atoms with Gasteiger partial charge in [-0.2, -0.15) is 0 Å². The number of piperidine rings is 1. The molecule has 1 amide bonds. The van der Waals surface area contributed by atoms with Crippen LogP contribution < -0.4 is 0 Å². The molecule has 1 heterocycles. The number of benzene rings is 1. The molecule has 0 saturated carbocycles. The van der Waals surface area contributed by atoms with Crippen LogP contribution in [-0.2, 0) is 4.79 Å². The van der Waals surface area contributed by atoms with Gasteiger partial charge in [0.1, 0.15) is 5.82 Å². The average Bonchev–Trinajstić information content (AvgIpc) is 2.40. The third kappa shape index (κ3) is 3.48. The van der Waals surface area contributed by atoms with Gasteiger partial charge in [0, 0.05) is 25.1 Å². The minimum absolute atomic E-state index is 0.0267. The van der Waals surface area contributed by atoms with Crippen molar-refractivity contribution < 1.29 is 19.1 Å². The number of amides is 1. The SMILES string of the molecule is O=C(O)CC1CCCN(C(=O)c2ccc(F)c(Cl)c2)C1. The van der Waals surface area contributed by atoms with Gasteiger partial charge in [-0.1, -0.05) is 11.6 Å². The van der Waals surface area contributed by atoms with E-state index in [0.717, 1.165) is 18.9 Å². The van der Waals surface area contributed by atoms with Gasteiger partial charge >= 0.3 is 5.97 Å². The number of rotatable bonds is 3. The lowest BCUT2D eigenvalue weighted by molar-refractivity contribution is -0.138. The zero-order chi connectivity index (χ0) is 14.7. The maximum atomic E-state index is 13.1. The van der Waals surface area contributed by atoms with E-state index in [0.29, 0.717) is 18.7 Å². The van der Waals surface area contributed by atoms with Crippen molar-refractivity contribution in [2.45, 2.75) is 19.3 Å². The first-order valence-electron chi connectivity index (χ1n) is 6.43. The van der Waals surface area contributed by atoms with Crippen LogP contribution in [0, 0.1) is 11.7 Å². The van der Waals surface area contributed by atoms with E-state index in [1.807, 2.05) is 0 Å². The number of carbonyl (C=O) groups is 2. The molecule has 1 unspecified atom stereocenters. The van der Waals surface area contributed by atoms with Crippen LogP contribution in [-0.4, -0.2) is 35.0 Å². The molecule has 1 fully saturated rings. The van der Waals surface area contributed by atoms with Crippen molar-refractivity contribution in [3.8, 4) is 0 Å². The van der Waals surface area contributed by atoms with Gasteiger partial charge in [-0.25, -0.2) is 4.39 Å². The summed E-state index contributed by atoms with van der Waals surface area (Å²) >= 11 is 5.67. The van der Waals surface area contributed by atoms with Crippen LogP contribution in [0.5, 0.6) is 0 Å². The van der Waals surface area contributed by atoms with Crippen molar-refractivity contribution in [2.75, 3.05) is 13.1 Å². The molecule has 0 radical (unpaired) electrons. The molecule has 2 rings (SSSR count). The Balaban J connectivity index is 2.08. The summed E-state index contributed by atoms with van der Waals surface area (Å²) in [6.45, 7) is 1.00. The molecule has 1 aliphatic heterocycles. The number of nitrogens with zero attached hydrogens (tertiary/aromatic N) is 1. The highest BCUT2D eigenvalue weighted by atomic mass is 35.5. The fourth-order valence-electron chi connectivity index (χ4n) is 2.47. The maximum absolute atomic E-state index is 13.1. The first-order valence-corrected chi connectivity index (χ1v) is 6.81. The Morgan fingerprint density at radius 3 is 2.85 bits per heavy atom. The summed E-state index contributed by atoms with van der Waals surface area (Å²) in [4.78, 5) is 24.6. The number of halogens is 2. The highest BCUT2D eigenvalue weighted by molar-refractivity contribution is 6.31. The van der Waals surface area contributed by atoms with Crippen LogP contribution in [0.3, 0.4) is 0 Å². The van der Waals surface area contributed by atoms with Crippen LogP contribution in [0.25, 0.3) is 0 Å². The topological polar surface area (TPSA) is 57.6 Å². The van der Waals surface area contributed by atoms with Crippen molar-refractivity contribution in [3.05, 3.63) is 34.6 Å². The summed E-state index contributed by atoms with van der Waals surface area (Å²) < 4.78 is 13.1. The standard InChI is InChI=1S/C14H15ClFNO3/c15-11-7-10(3-4-12(11)16)14(20)17-5-1-2-9(8-17)6-13(18)19/h3-4,7,9H,1-2,5-6,8H2,(H,18,19). The Bertz CT molecular complexity index is 535. The van der Waals surface area contributed by atoms with Gasteiger partial charge in [0.2, 0.25) is 0 Å². The summed E-state index contributed by atoms with van der Waals surface area (Å²) in [7, 11) is 0. The lowest BCUT2D eigenvalue weighted by Gasteiger charge is -2.32. The van der Waals surface area contributed by atoms with Gasteiger partial charge in [0.25, 0.3) is 5.91 Å². The monoisotopic (exact) mass is 299 g/mol. The fraction of sp³-hybridized carbons (Fsp3) is 0.429. The van der Waals surface area contributed by atoms with E-state index in [1.165, 1.54) is 12.1 Å². The van der Waals surface area contributed by atoms with E-state index in [9.17, 15) is 14.0 Å². The molecule has 1 N–H and O–H groups in total. The van der Waals surface area contributed by atoms with Crippen molar-refractivity contribution in [1.82, 2.24) is 4.90 Å². The van der Waals surface area contributed by atoms with Crippen LogP contribution in [0.15, 0.2) is 18.2 Å². The van der Waals surface area contributed by atoms with Crippen molar-refractivity contribution in [1.29, 1.82) is 0 Å². The molecule has 0 bridgehead atoms. The molecule has 1 saturated heterocycles. The first kappa shape index (κ1) is 14.8. The lowest BCUT2D eigenvalue weighted by atomic mass is 9.94. The molecule has 0 spiro atoms. The molecule has 108 valence electrons. The number of carboxylic acids is 1. The summed E-state index contributed by atoms with van der Waals surface area (Å²) in [6, 6.07) is 3.86. The van der Waals surface area contributed by atoms with E-state index in [2.05, 4.69) is 0 Å². The molecule has 0 aliphatic carbocycles. The van der Waals surface area contributed by atoms with Gasteiger partial charge in [0.15, 0.2) is 0 Å². The Kier molecular flexibility index (Phi) is 4.60. The van der Waals surface area contributed by atoms with E-state index in [-0.39, 0.29) is 23.3 Å². The summed E-state index contributed by atoms with van der Waals surface area (Å²) in [5.74, 6) is -1.68. The highest BCUT2D eigenvalue weighted by Crippen LogP contribution is 2.23. The van der Waals surface area contributed by atoms with E-state index < -0.39 is 11.8 Å². The third-order valence-corrected chi connectivity index (χ3v) is 3.73. The number of hydrogen-bond donors (Lipinski definition) is 1. The molecule has 0 aromatic heterocycles. The summed E-state index contributed by atoms with van der Waals surface area (Å²) in [5, 5.41) is 8.72. The second kappa shape index (κ2) is 6.22. The number of carbonyl (C=O) groups excluding carboxylic acids is 1. The van der Waals surface area contributed by atoms with Crippen molar-refractivity contribution in [2.24, 2.45) is 5.92 Å². The summed E-state index contributed by atoms with van der Waals surface area (Å²) in [6.07, 6.45) is 1.65. The van der Waals surface area contributed by atoms with Crippen LogP contribution in [0.2, 0.25) is 5.02 Å². The molecular weight excluding hydrogens is 285 g/mol. The molecule has 20 heavy (non-hydrogen) atoms. The second-order valence-electron chi connectivity index (χ2n) is 4.99. The van der Waals surface area contributed by atoms with Gasteiger partial charge in [-0.3, -0.25) is 9.59 Å².